The Morgan fingerprint density at radius 2 is 2.25 bits per heavy atom. The molecular weight excluding hydrogens is 322 g/mol. The molecule has 6 nitrogen and oxygen atoms in total. The van der Waals surface area contributed by atoms with Crippen molar-refractivity contribution in [3.05, 3.63) is 46.9 Å². The van der Waals surface area contributed by atoms with E-state index in [2.05, 4.69) is 38.1 Å². The molecule has 0 fully saturated rings. The molecule has 0 bridgehead atoms. The van der Waals surface area contributed by atoms with Crippen LogP contribution in [-0.4, -0.2) is 25.7 Å². The van der Waals surface area contributed by atoms with Crippen LogP contribution in [0.25, 0.3) is 16.9 Å². The second-order valence-corrected chi connectivity index (χ2v) is 6.60. The van der Waals surface area contributed by atoms with E-state index in [-0.39, 0.29) is 11.8 Å². The van der Waals surface area contributed by atoms with E-state index in [0.717, 1.165) is 30.5 Å². The zero-order valence-electron chi connectivity index (χ0n) is 13.1. The highest BCUT2D eigenvalue weighted by atomic mass is 32.1. The van der Waals surface area contributed by atoms with Gasteiger partial charge in [0.25, 0.3) is 0 Å². The van der Waals surface area contributed by atoms with Crippen molar-refractivity contribution in [2.45, 2.75) is 25.8 Å². The average Bonchev–Trinajstić information content (AvgIpc) is 3.30. The number of fused-ring (bicyclic) bond motifs is 1. The maximum Gasteiger partial charge on any atom is 0.223 e. The summed E-state index contributed by atoms with van der Waals surface area (Å²) in [5.74, 6) is 0.774. The minimum Gasteiger partial charge on any atom is -0.348 e. The van der Waals surface area contributed by atoms with Gasteiger partial charge >= 0.3 is 0 Å². The molecule has 1 unspecified atom stereocenters. The van der Waals surface area contributed by atoms with Gasteiger partial charge in [-0.2, -0.15) is 21.0 Å². The molecule has 0 radical (unpaired) electrons. The first-order chi connectivity index (χ1) is 11.8. The topological polar surface area (TPSA) is 72.2 Å². The lowest BCUT2D eigenvalue weighted by Crippen LogP contribution is -2.31. The van der Waals surface area contributed by atoms with E-state index >= 15 is 0 Å². The van der Waals surface area contributed by atoms with Crippen molar-refractivity contribution in [2.75, 3.05) is 0 Å². The van der Waals surface area contributed by atoms with Crippen molar-refractivity contribution in [2.24, 2.45) is 5.92 Å². The van der Waals surface area contributed by atoms with Crippen LogP contribution in [0.2, 0.25) is 0 Å². The molecule has 4 rings (SSSR count). The maximum atomic E-state index is 12.3. The van der Waals surface area contributed by atoms with Crippen molar-refractivity contribution < 1.29 is 4.79 Å². The first kappa shape index (κ1) is 15.0. The van der Waals surface area contributed by atoms with Gasteiger partial charge in [0.1, 0.15) is 0 Å². The standard InChI is InChI=1S/C17H17N5OS/c23-17(12-4-2-1-3-5-12)18-10-16-20-19-15-7-6-14(21-22(15)16)13-8-9-24-11-13/h1-2,6-9,11-12H,3-5,10H2,(H,18,23). The Balaban J connectivity index is 1.52. The number of nitrogens with one attached hydrogen (secondary N) is 1. The predicted octanol–water partition coefficient (Wildman–Crippen LogP) is 2.83. The van der Waals surface area contributed by atoms with Gasteiger partial charge in [-0.3, -0.25) is 4.79 Å². The molecule has 0 spiro atoms. The lowest BCUT2D eigenvalue weighted by atomic mass is 9.94. The van der Waals surface area contributed by atoms with E-state index in [0.29, 0.717) is 18.0 Å². The summed E-state index contributed by atoms with van der Waals surface area (Å²) in [5, 5.41) is 19.9. The van der Waals surface area contributed by atoms with Crippen LogP contribution in [0.1, 0.15) is 25.1 Å². The Morgan fingerprint density at radius 1 is 1.29 bits per heavy atom. The molecule has 0 saturated heterocycles. The third-order valence-electron chi connectivity index (χ3n) is 4.20. The Kier molecular flexibility index (Phi) is 4.08. The van der Waals surface area contributed by atoms with Crippen LogP contribution >= 0.6 is 11.3 Å². The predicted molar refractivity (Wildman–Crippen MR) is 92.4 cm³/mol. The van der Waals surface area contributed by atoms with Crippen molar-refractivity contribution in [1.82, 2.24) is 25.1 Å². The van der Waals surface area contributed by atoms with Gasteiger partial charge in [-0.15, -0.1) is 10.2 Å². The van der Waals surface area contributed by atoms with Crippen LogP contribution in [0.4, 0.5) is 0 Å². The molecule has 1 atom stereocenters. The Hall–Kier alpha value is -2.54. The number of aromatic nitrogens is 4. The summed E-state index contributed by atoms with van der Waals surface area (Å²) in [4.78, 5) is 12.3. The number of amides is 1. The second-order valence-electron chi connectivity index (χ2n) is 5.82. The maximum absolute atomic E-state index is 12.3. The molecule has 1 aliphatic carbocycles. The monoisotopic (exact) mass is 339 g/mol. The SMILES string of the molecule is O=C(NCc1nnc2ccc(-c3ccsc3)nn12)C1CC=CCC1. The molecule has 1 N–H and O–H groups in total. The number of thiophene rings is 1. The molecule has 1 aliphatic rings. The van der Waals surface area contributed by atoms with E-state index in [9.17, 15) is 4.79 Å². The fourth-order valence-electron chi connectivity index (χ4n) is 2.85. The minimum absolute atomic E-state index is 0.0588. The third kappa shape index (κ3) is 2.94. The smallest absolute Gasteiger partial charge is 0.223 e. The first-order valence-corrected chi connectivity index (χ1v) is 8.92. The van der Waals surface area contributed by atoms with E-state index in [1.807, 2.05) is 23.6 Å². The number of carbonyl (C=O) groups excluding carboxylic acids is 1. The van der Waals surface area contributed by atoms with Crippen molar-refractivity contribution in [3.8, 4) is 11.3 Å². The summed E-state index contributed by atoms with van der Waals surface area (Å²) in [6.45, 7) is 0.334. The van der Waals surface area contributed by atoms with Gasteiger partial charge in [0.15, 0.2) is 11.5 Å². The van der Waals surface area contributed by atoms with Gasteiger partial charge in [-0.05, 0) is 42.8 Å². The third-order valence-corrected chi connectivity index (χ3v) is 4.89. The normalized spacial score (nSPS) is 17.2. The molecule has 3 aromatic heterocycles. The van der Waals surface area contributed by atoms with E-state index in [1.165, 1.54) is 0 Å². The quantitative estimate of drug-likeness (QED) is 0.742. The molecule has 3 aromatic rings. The summed E-state index contributed by atoms with van der Waals surface area (Å²) in [6, 6.07) is 5.86. The zero-order valence-corrected chi connectivity index (χ0v) is 13.9. The van der Waals surface area contributed by atoms with Crippen LogP contribution in [0.15, 0.2) is 41.1 Å². The summed E-state index contributed by atoms with van der Waals surface area (Å²) in [5.41, 5.74) is 2.62. The molecular formula is C17H17N5OS. The molecule has 1 amide bonds. The summed E-state index contributed by atoms with van der Waals surface area (Å²) in [7, 11) is 0. The number of nitrogens with zero attached hydrogens (tertiary/aromatic N) is 4. The summed E-state index contributed by atoms with van der Waals surface area (Å²) in [6.07, 6.45) is 6.90. The van der Waals surface area contributed by atoms with Gasteiger partial charge in [-0.1, -0.05) is 12.2 Å². The fourth-order valence-corrected chi connectivity index (χ4v) is 3.50. The van der Waals surface area contributed by atoms with Crippen LogP contribution in [0.5, 0.6) is 0 Å². The average molecular weight is 339 g/mol. The molecule has 7 heteroatoms. The lowest BCUT2D eigenvalue weighted by Gasteiger charge is -2.16. The van der Waals surface area contributed by atoms with Crippen LogP contribution in [0.3, 0.4) is 0 Å². The van der Waals surface area contributed by atoms with Gasteiger partial charge in [0, 0.05) is 16.9 Å². The van der Waals surface area contributed by atoms with Crippen molar-refractivity contribution in [1.29, 1.82) is 0 Å². The Morgan fingerprint density at radius 3 is 3.04 bits per heavy atom. The summed E-state index contributed by atoms with van der Waals surface area (Å²) >= 11 is 1.63. The van der Waals surface area contributed by atoms with E-state index in [4.69, 9.17) is 0 Å². The molecule has 3 heterocycles. The Bertz CT molecular complexity index is 884. The highest BCUT2D eigenvalue weighted by Gasteiger charge is 2.19. The number of allylic oxidation sites excluding steroid dienone is 2. The molecule has 0 saturated carbocycles. The van der Waals surface area contributed by atoms with Gasteiger partial charge in [0.2, 0.25) is 5.91 Å². The lowest BCUT2D eigenvalue weighted by molar-refractivity contribution is -0.125. The van der Waals surface area contributed by atoms with Crippen LogP contribution < -0.4 is 5.32 Å². The zero-order chi connectivity index (χ0) is 16.4. The Labute approximate surface area is 143 Å². The highest BCUT2D eigenvalue weighted by molar-refractivity contribution is 7.08. The number of hydrogen-bond acceptors (Lipinski definition) is 5. The fraction of sp³-hybridized carbons (Fsp3) is 0.294. The second kappa shape index (κ2) is 6.52. The molecule has 0 aliphatic heterocycles. The van der Waals surface area contributed by atoms with Crippen molar-refractivity contribution >= 4 is 22.9 Å². The molecule has 0 aromatic carbocycles. The van der Waals surface area contributed by atoms with E-state index in [1.54, 1.807) is 15.9 Å². The van der Waals surface area contributed by atoms with Crippen molar-refractivity contribution in [3.63, 3.8) is 0 Å². The van der Waals surface area contributed by atoms with E-state index < -0.39 is 0 Å². The largest absolute Gasteiger partial charge is 0.348 e. The minimum atomic E-state index is 0.0588. The van der Waals surface area contributed by atoms with Gasteiger partial charge in [0.05, 0.1) is 12.2 Å². The first-order valence-electron chi connectivity index (χ1n) is 7.98. The number of carbonyl (C=O) groups is 1. The molecule has 122 valence electrons. The summed E-state index contributed by atoms with van der Waals surface area (Å²) < 4.78 is 1.70. The number of hydrogen-bond donors (Lipinski definition) is 1. The molecule has 24 heavy (non-hydrogen) atoms. The number of rotatable bonds is 4. The van der Waals surface area contributed by atoms with Gasteiger partial charge < -0.3 is 5.32 Å². The highest BCUT2D eigenvalue weighted by Crippen LogP contribution is 2.20. The van der Waals surface area contributed by atoms with Crippen LogP contribution in [-0.2, 0) is 11.3 Å². The van der Waals surface area contributed by atoms with Gasteiger partial charge in [-0.25, -0.2) is 0 Å². The van der Waals surface area contributed by atoms with Crippen LogP contribution in [0, 0.1) is 5.92 Å².